The van der Waals surface area contributed by atoms with E-state index in [1.807, 2.05) is 13.8 Å². The first kappa shape index (κ1) is 14.8. The second-order valence-electron chi connectivity index (χ2n) is 3.73. The van der Waals surface area contributed by atoms with Crippen LogP contribution in [0.3, 0.4) is 0 Å². The van der Waals surface area contributed by atoms with E-state index in [0.717, 1.165) is 0 Å². The molecular formula is C13H18ClNO3. The minimum Gasteiger partial charge on any atom is -0.483 e. The summed E-state index contributed by atoms with van der Waals surface area (Å²) >= 11 is 5.93. The normalized spacial score (nSPS) is 10.2. The third-order valence-electron chi connectivity index (χ3n) is 2.70. The highest BCUT2D eigenvalue weighted by atomic mass is 35.5. The quantitative estimate of drug-likeness (QED) is 0.862. The van der Waals surface area contributed by atoms with E-state index in [-0.39, 0.29) is 19.1 Å². The molecule has 5 heteroatoms. The molecule has 18 heavy (non-hydrogen) atoms. The number of carbonyl (C=O) groups is 1. The highest BCUT2D eigenvalue weighted by Gasteiger charge is 2.12. The van der Waals surface area contributed by atoms with Gasteiger partial charge in [-0.1, -0.05) is 17.7 Å². The van der Waals surface area contributed by atoms with Crippen LogP contribution in [-0.2, 0) is 11.4 Å². The maximum Gasteiger partial charge on any atom is 0.260 e. The first-order chi connectivity index (χ1) is 8.63. The van der Waals surface area contributed by atoms with Crippen molar-refractivity contribution >= 4 is 17.5 Å². The summed E-state index contributed by atoms with van der Waals surface area (Å²) in [5.41, 5.74) is 0.506. The zero-order valence-corrected chi connectivity index (χ0v) is 11.4. The number of hydrogen-bond acceptors (Lipinski definition) is 3. The molecule has 4 nitrogen and oxygen atoms in total. The minimum absolute atomic E-state index is 0.0466. The first-order valence-corrected chi connectivity index (χ1v) is 6.30. The van der Waals surface area contributed by atoms with E-state index in [2.05, 4.69) is 0 Å². The summed E-state index contributed by atoms with van der Waals surface area (Å²) in [6.07, 6.45) is 0. The molecule has 0 fully saturated rings. The SMILES string of the molecule is CCN(CC)C(=O)COc1cccc(Cl)c1CO. The van der Waals surface area contributed by atoms with E-state index in [9.17, 15) is 9.90 Å². The van der Waals surface area contributed by atoms with Gasteiger partial charge in [-0.25, -0.2) is 0 Å². The Bertz CT molecular complexity index is 405. The first-order valence-electron chi connectivity index (χ1n) is 5.92. The Balaban J connectivity index is 2.69. The van der Waals surface area contributed by atoms with Crippen molar-refractivity contribution in [2.75, 3.05) is 19.7 Å². The Morgan fingerprint density at radius 2 is 2.06 bits per heavy atom. The summed E-state index contributed by atoms with van der Waals surface area (Å²) in [7, 11) is 0. The van der Waals surface area contributed by atoms with Crippen LogP contribution in [0.5, 0.6) is 5.75 Å². The van der Waals surface area contributed by atoms with Crippen LogP contribution in [0.1, 0.15) is 19.4 Å². The van der Waals surface area contributed by atoms with Crippen molar-refractivity contribution in [1.29, 1.82) is 0 Å². The molecule has 0 atom stereocenters. The van der Waals surface area contributed by atoms with Crippen molar-refractivity contribution in [1.82, 2.24) is 4.90 Å². The van der Waals surface area contributed by atoms with Gasteiger partial charge < -0.3 is 14.7 Å². The summed E-state index contributed by atoms with van der Waals surface area (Å²) in [4.78, 5) is 13.5. The molecular weight excluding hydrogens is 254 g/mol. The number of benzene rings is 1. The van der Waals surface area contributed by atoms with Crippen molar-refractivity contribution in [3.05, 3.63) is 28.8 Å². The van der Waals surface area contributed by atoms with Gasteiger partial charge in [0.1, 0.15) is 5.75 Å². The van der Waals surface area contributed by atoms with Crippen LogP contribution in [0.4, 0.5) is 0 Å². The van der Waals surface area contributed by atoms with E-state index < -0.39 is 0 Å². The molecule has 0 bridgehead atoms. The maximum atomic E-state index is 11.8. The van der Waals surface area contributed by atoms with Gasteiger partial charge in [0, 0.05) is 23.7 Å². The third-order valence-corrected chi connectivity index (χ3v) is 3.06. The summed E-state index contributed by atoms with van der Waals surface area (Å²) in [6, 6.07) is 5.08. The fraction of sp³-hybridized carbons (Fsp3) is 0.462. The molecule has 0 heterocycles. The largest absolute Gasteiger partial charge is 0.483 e. The van der Waals surface area contributed by atoms with Gasteiger partial charge in [0.05, 0.1) is 6.61 Å². The van der Waals surface area contributed by atoms with Crippen LogP contribution in [0.15, 0.2) is 18.2 Å². The minimum atomic E-state index is -0.214. The molecule has 1 aromatic carbocycles. The lowest BCUT2D eigenvalue weighted by Crippen LogP contribution is -2.34. The molecule has 1 N–H and O–H groups in total. The lowest BCUT2D eigenvalue weighted by Gasteiger charge is -2.19. The Morgan fingerprint density at radius 3 is 2.61 bits per heavy atom. The predicted molar refractivity (Wildman–Crippen MR) is 70.8 cm³/mol. The van der Waals surface area contributed by atoms with Gasteiger partial charge in [-0.2, -0.15) is 0 Å². The van der Waals surface area contributed by atoms with E-state index in [0.29, 0.717) is 29.4 Å². The average Bonchev–Trinajstić information content (AvgIpc) is 2.37. The summed E-state index contributed by atoms with van der Waals surface area (Å²) < 4.78 is 5.42. The highest BCUT2D eigenvalue weighted by molar-refractivity contribution is 6.31. The van der Waals surface area contributed by atoms with Gasteiger partial charge in [0.25, 0.3) is 5.91 Å². The lowest BCUT2D eigenvalue weighted by atomic mass is 10.2. The van der Waals surface area contributed by atoms with Gasteiger partial charge >= 0.3 is 0 Å². The van der Waals surface area contributed by atoms with Crippen LogP contribution in [0.25, 0.3) is 0 Å². The third kappa shape index (κ3) is 3.62. The number of rotatable bonds is 6. The van der Waals surface area contributed by atoms with Crippen LogP contribution in [-0.4, -0.2) is 35.6 Å². The van der Waals surface area contributed by atoms with Gasteiger partial charge in [-0.3, -0.25) is 4.79 Å². The summed E-state index contributed by atoms with van der Waals surface area (Å²) in [5.74, 6) is 0.370. The number of carbonyl (C=O) groups excluding carboxylic acids is 1. The second-order valence-corrected chi connectivity index (χ2v) is 4.14. The van der Waals surface area contributed by atoms with Gasteiger partial charge in [0.2, 0.25) is 0 Å². The Labute approximate surface area is 112 Å². The average molecular weight is 272 g/mol. The molecule has 100 valence electrons. The molecule has 0 spiro atoms. The second kappa shape index (κ2) is 7.24. The molecule has 1 rings (SSSR count). The van der Waals surface area contributed by atoms with Crippen LogP contribution >= 0.6 is 11.6 Å². The summed E-state index contributed by atoms with van der Waals surface area (Å²) in [5, 5.41) is 9.64. The molecule has 0 aromatic heterocycles. The van der Waals surface area contributed by atoms with Crippen LogP contribution in [0, 0.1) is 0 Å². The standard InChI is InChI=1S/C13H18ClNO3/c1-3-15(4-2)13(17)9-18-12-7-5-6-11(14)10(12)8-16/h5-7,16H,3-4,8-9H2,1-2H3. The monoisotopic (exact) mass is 271 g/mol. The molecule has 0 aliphatic carbocycles. The number of halogens is 1. The maximum absolute atomic E-state index is 11.8. The topological polar surface area (TPSA) is 49.8 Å². The lowest BCUT2D eigenvalue weighted by molar-refractivity contribution is -0.133. The van der Waals surface area contributed by atoms with Crippen molar-refractivity contribution in [2.24, 2.45) is 0 Å². The van der Waals surface area contributed by atoms with Crippen molar-refractivity contribution in [3.63, 3.8) is 0 Å². The van der Waals surface area contributed by atoms with Crippen LogP contribution < -0.4 is 4.74 Å². The number of likely N-dealkylation sites (N-methyl/N-ethyl adjacent to an activating group) is 1. The highest BCUT2D eigenvalue weighted by Crippen LogP contribution is 2.26. The van der Waals surface area contributed by atoms with Crippen molar-refractivity contribution < 1.29 is 14.6 Å². The van der Waals surface area contributed by atoms with E-state index >= 15 is 0 Å². The molecule has 0 saturated carbocycles. The molecule has 1 amide bonds. The van der Waals surface area contributed by atoms with Gasteiger partial charge in [-0.05, 0) is 26.0 Å². The van der Waals surface area contributed by atoms with E-state index in [1.54, 1.807) is 23.1 Å². The summed E-state index contributed by atoms with van der Waals surface area (Å²) in [6.45, 7) is 4.88. The Hall–Kier alpha value is -1.26. The Morgan fingerprint density at radius 1 is 1.39 bits per heavy atom. The molecule has 1 aromatic rings. The Kier molecular flexibility index (Phi) is 5.95. The number of amides is 1. The number of hydrogen-bond donors (Lipinski definition) is 1. The van der Waals surface area contributed by atoms with Gasteiger partial charge in [-0.15, -0.1) is 0 Å². The van der Waals surface area contributed by atoms with Gasteiger partial charge in [0.15, 0.2) is 6.61 Å². The molecule has 0 saturated heterocycles. The fourth-order valence-electron chi connectivity index (χ4n) is 1.63. The number of ether oxygens (including phenoxy) is 1. The molecule has 0 radical (unpaired) electrons. The van der Waals surface area contributed by atoms with Crippen molar-refractivity contribution in [2.45, 2.75) is 20.5 Å². The van der Waals surface area contributed by atoms with E-state index in [4.69, 9.17) is 16.3 Å². The fourth-order valence-corrected chi connectivity index (χ4v) is 1.86. The number of aliphatic hydroxyl groups is 1. The van der Waals surface area contributed by atoms with Crippen molar-refractivity contribution in [3.8, 4) is 5.75 Å². The number of nitrogens with zero attached hydrogens (tertiary/aromatic N) is 1. The zero-order chi connectivity index (χ0) is 13.5. The zero-order valence-electron chi connectivity index (χ0n) is 10.6. The van der Waals surface area contributed by atoms with Crippen LogP contribution in [0.2, 0.25) is 5.02 Å². The number of aliphatic hydroxyl groups excluding tert-OH is 1. The predicted octanol–water partition coefficient (Wildman–Crippen LogP) is 2.08. The van der Waals surface area contributed by atoms with E-state index in [1.165, 1.54) is 0 Å². The molecule has 0 aliphatic rings. The smallest absolute Gasteiger partial charge is 0.260 e. The molecule has 0 unspecified atom stereocenters. The molecule has 0 aliphatic heterocycles.